The molecule has 1 heterocycles. The van der Waals surface area contributed by atoms with Crippen molar-refractivity contribution in [2.45, 2.75) is 0 Å². The van der Waals surface area contributed by atoms with E-state index in [2.05, 4.69) is 17.3 Å². The molecule has 0 saturated carbocycles. The lowest BCUT2D eigenvalue weighted by atomic mass is 10.1. The Kier molecular flexibility index (Phi) is 3.64. The van der Waals surface area contributed by atoms with Crippen LogP contribution < -0.4 is 5.32 Å². The standard InChI is InChI=1S/C13H19N3O/c1-14-12-5-3-11(4-6-12)13(17)16-9-7-15(2)8-10-16/h3-6,14H,7-10H2,1-2H3. The Morgan fingerprint density at radius 2 is 1.71 bits per heavy atom. The minimum absolute atomic E-state index is 0.140. The summed E-state index contributed by atoms with van der Waals surface area (Å²) in [4.78, 5) is 16.4. The van der Waals surface area contributed by atoms with Crippen molar-refractivity contribution in [3.63, 3.8) is 0 Å². The zero-order valence-electron chi connectivity index (χ0n) is 10.4. The van der Waals surface area contributed by atoms with Crippen molar-refractivity contribution in [3.8, 4) is 0 Å². The second kappa shape index (κ2) is 5.19. The number of hydrogen-bond donors (Lipinski definition) is 1. The van der Waals surface area contributed by atoms with Gasteiger partial charge in [-0.15, -0.1) is 0 Å². The van der Waals surface area contributed by atoms with E-state index in [9.17, 15) is 4.79 Å². The minimum atomic E-state index is 0.140. The molecule has 0 bridgehead atoms. The quantitative estimate of drug-likeness (QED) is 0.831. The van der Waals surface area contributed by atoms with Crippen LogP contribution in [0.4, 0.5) is 5.69 Å². The largest absolute Gasteiger partial charge is 0.388 e. The molecular formula is C13H19N3O. The number of benzene rings is 1. The van der Waals surface area contributed by atoms with Crippen molar-refractivity contribution < 1.29 is 4.79 Å². The number of carbonyl (C=O) groups is 1. The van der Waals surface area contributed by atoms with E-state index < -0.39 is 0 Å². The van der Waals surface area contributed by atoms with Crippen LogP contribution >= 0.6 is 0 Å². The second-order valence-corrected chi connectivity index (χ2v) is 4.42. The maximum Gasteiger partial charge on any atom is 0.253 e. The molecule has 2 rings (SSSR count). The monoisotopic (exact) mass is 233 g/mol. The van der Waals surface area contributed by atoms with Crippen molar-refractivity contribution >= 4 is 11.6 Å². The summed E-state index contributed by atoms with van der Waals surface area (Å²) in [6, 6.07) is 7.63. The Labute approximate surface area is 102 Å². The zero-order chi connectivity index (χ0) is 12.3. The van der Waals surface area contributed by atoms with Gasteiger partial charge >= 0.3 is 0 Å². The molecular weight excluding hydrogens is 214 g/mol. The number of nitrogens with zero attached hydrogens (tertiary/aromatic N) is 2. The molecule has 4 heteroatoms. The summed E-state index contributed by atoms with van der Waals surface area (Å²) in [5, 5.41) is 3.05. The highest BCUT2D eigenvalue weighted by atomic mass is 16.2. The van der Waals surface area contributed by atoms with Gasteiger partial charge in [0.15, 0.2) is 0 Å². The Bertz CT molecular complexity index is 380. The van der Waals surface area contributed by atoms with Gasteiger partial charge in [-0.3, -0.25) is 4.79 Å². The van der Waals surface area contributed by atoms with Gasteiger partial charge in [0.2, 0.25) is 0 Å². The lowest BCUT2D eigenvalue weighted by Gasteiger charge is -2.32. The molecule has 1 aliphatic heterocycles. The van der Waals surface area contributed by atoms with Gasteiger partial charge in [0.25, 0.3) is 5.91 Å². The van der Waals surface area contributed by atoms with Gasteiger partial charge in [-0.1, -0.05) is 0 Å². The molecule has 1 fully saturated rings. The van der Waals surface area contributed by atoms with Gasteiger partial charge in [0.1, 0.15) is 0 Å². The number of hydrogen-bond acceptors (Lipinski definition) is 3. The molecule has 4 nitrogen and oxygen atoms in total. The van der Waals surface area contributed by atoms with Gasteiger partial charge < -0.3 is 15.1 Å². The molecule has 17 heavy (non-hydrogen) atoms. The van der Waals surface area contributed by atoms with Crippen LogP contribution in [0.25, 0.3) is 0 Å². The summed E-state index contributed by atoms with van der Waals surface area (Å²) < 4.78 is 0. The smallest absolute Gasteiger partial charge is 0.253 e. The molecule has 0 aromatic heterocycles. The van der Waals surface area contributed by atoms with E-state index in [-0.39, 0.29) is 5.91 Å². The Balaban J connectivity index is 2.03. The molecule has 1 amide bonds. The van der Waals surface area contributed by atoms with Crippen LogP contribution in [0, 0.1) is 0 Å². The first-order chi connectivity index (χ1) is 8.20. The van der Waals surface area contributed by atoms with Crippen LogP contribution in [0.5, 0.6) is 0 Å². The van der Waals surface area contributed by atoms with Crippen molar-refractivity contribution in [2.24, 2.45) is 0 Å². The molecule has 1 aromatic carbocycles. The predicted octanol–water partition coefficient (Wildman–Crippen LogP) is 1.12. The van der Waals surface area contributed by atoms with E-state index >= 15 is 0 Å². The normalized spacial score (nSPS) is 16.9. The van der Waals surface area contributed by atoms with Crippen LogP contribution in [0.2, 0.25) is 0 Å². The number of rotatable bonds is 2. The molecule has 0 aliphatic carbocycles. The third-order valence-electron chi connectivity index (χ3n) is 3.21. The number of anilines is 1. The molecule has 92 valence electrons. The van der Waals surface area contributed by atoms with Crippen molar-refractivity contribution in [3.05, 3.63) is 29.8 Å². The molecule has 0 unspecified atom stereocenters. The van der Waals surface area contributed by atoms with E-state index in [0.717, 1.165) is 37.4 Å². The van der Waals surface area contributed by atoms with Gasteiger partial charge in [-0.25, -0.2) is 0 Å². The van der Waals surface area contributed by atoms with Crippen LogP contribution in [0.15, 0.2) is 24.3 Å². The first-order valence-corrected chi connectivity index (χ1v) is 5.96. The molecule has 0 spiro atoms. The van der Waals surface area contributed by atoms with Crippen LogP contribution in [-0.4, -0.2) is 56.0 Å². The summed E-state index contributed by atoms with van der Waals surface area (Å²) in [6.07, 6.45) is 0. The maximum atomic E-state index is 12.2. The highest BCUT2D eigenvalue weighted by Gasteiger charge is 2.19. The summed E-state index contributed by atoms with van der Waals surface area (Å²) >= 11 is 0. The Hall–Kier alpha value is -1.55. The summed E-state index contributed by atoms with van der Waals surface area (Å²) in [6.45, 7) is 3.56. The van der Waals surface area contributed by atoms with Gasteiger partial charge in [0.05, 0.1) is 0 Å². The highest BCUT2D eigenvalue weighted by Crippen LogP contribution is 2.12. The van der Waals surface area contributed by atoms with Gasteiger partial charge in [0, 0.05) is 44.5 Å². The first kappa shape index (κ1) is 11.9. The van der Waals surface area contributed by atoms with E-state index in [1.54, 1.807) is 0 Å². The van der Waals surface area contributed by atoms with Crippen LogP contribution in [0.3, 0.4) is 0 Å². The van der Waals surface area contributed by atoms with Crippen molar-refractivity contribution in [1.82, 2.24) is 9.80 Å². The summed E-state index contributed by atoms with van der Waals surface area (Å²) in [5.74, 6) is 0.140. The lowest BCUT2D eigenvalue weighted by molar-refractivity contribution is 0.0664. The third-order valence-corrected chi connectivity index (χ3v) is 3.21. The predicted molar refractivity (Wildman–Crippen MR) is 69.4 cm³/mol. The molecule has 1 aromatic rings. The van der Waals surface area contributed by atoms with E-state index in [1.165, 1.54) is 0 Å². The van der Waals surface area contributed by atoms with Crippen molar-refractivity contribution in [1.29, 1.82) is 0 Å². The average molecular weight is 233 g/mol. The lowest BCUT2D eigenvalue weighted by Crippen LogP contribution is -2.47. The van der Waals surface area contributed by atoms with Crippen LogP contribution in [-0.2, 0) is 0 Å². The fourth-order valence-corrected chi connectivity index (χ4v) is 1.97. The highest BCUT2D eigenvalue weighted by molar-refractivity contribution is 5.94. The molecule has 1 saturated heterocycles. The van der Waals surface area contributed by atoms with Gasteiger partial charge in [-0.05, 0) is 31.3 Å². The zero-order valence-corrected chi connectivity index (χ0v) is 10.4. The molecule has 1 N–H and O–H groups in total. The first-order valence-electron chi connectivity index (χ1n) is 5.96. The second-order valence-electron chi connectivity index (χ2n) is 4.42. The Morgan fingerprint density at radius 1 is 1.12 bits per heavy atom. The van der Waals surface area contributed by atoms with Crippen molar-refractivity contribution in [2.75, 3.05) is 45.6 Å². The summed E-state index contributed by atoms with van der Waals surface area (Å²) in [7, 11) is 3.96. The number of piperazine rings is 1. The minimum Gasteiger partial charge on any atom is -0.388 e. The Morgan fingerprint density at radius 3 is 2.24 bits per heavy atom. The average Bonchev–Trinajstić information content (AvgIpc) is 2.39. The SMILES string of the molecule is CNc1ccc(C(=O)N2CCN(C)CC2)cc1. The molecule has 0 atom stereocenters. The number of carbonyl (C=O) groups excluding carboxylic acids is 1. The fraction of sp³-hybridized carbons (Fsp3) is 0.462. The van der Waals surface area contributed by atoms with E-state index in [0.29, 0.717) is 0 Å². The fourth-order valence-electron chi connectivity index (χ4n) is 1.97. The maximum absolute atomic E-state index is 12.2. The number of nitrogens with one attached hydrogen (secondary N) is 1. The number of likely N-dealkylation sites (N-methyl/N-ethyl adjacent to an activating group) is 1. The number of amides is 1. The van der Waals surface area contributed by atoms with Crippen LogP contribution in [0.1, 0.15) is 10.4 Å². The van der Waals surface area contributed by atoms with E-state index in [4.69, 9.17) is 0 Å². The molecule has 1 aliphatic rings. The third kappa shape index (κ3) is 2.77. The molecule has 0 radical (unpaired) electrons. The van der Waals surface area contributed by atoms with Gasteiger partial charge in [-0.2, -0.15) is 0 Å². The summed E-state index contributed by atoms with van der Waals surface area (Å²) in [5.41, 5.74) is 1.80. The topological polar surface area (TPSA) is 35.6 Å². The van der Waals surface area contributed by atoms with E-state index in [1.807, 2.05) is 36.2 Å².